The van der Waals surface area contributed by atoms with Gasteiger partial charge in [0.05, 0.1) is 0 Å². The smallest absolute Gasteiger partial charge is 0.358 e. The Morgan fingerprint density at radius 1 is 1.08 bits per heavy atom. The van der Waals surface area contributed by atoms with Crippen LogP contribution in [-0.4, -0.2) is 11.1 Å². The monoisotopic (exact) mass is 1330 g/mol. The molecule has 0 spiro atoms. The molecule has 0 amide bonds. The Morgan fingerprint density at radius 2 is 1.16 bits per heavy atom. The molecule has 0 bridgehead atoms. The molecule has 2 radical (unpaired) electrons. The number of hydrogen-bond donors (Lipinski definition) is 1. The van der Waals surface area contributed by atoms with E-state index in [4.69, 9.17) is 5.11 Å². The van der Waals surface area contributed by atoms with Gasteiger partial charge in [-0.1, -0.05) is 6.92 Å². The summed E-state index contributed by atoms with van der Waals surface area (Å²) in [4.78, 5) is 9.37. The van der Waals surface area contributed by atoms with Crippen molar-refractivity contribution in [1.82, 2.24) is 0 Å². The summed E-state index contributed by atoms with van der Waals surface area (Å²) >= 11 is 9.54. The molecule has 0 aromatic rings. The van der Waals surface area contributed by atoms with Crippen LogP contribution < -0.4 is 13.3 Å². The van der Waals surface area contributed by atoms with Crippen LogP contribution in [0.4, 0.5) is 0 Å². The summed E-state index contributed by atoms with van der Waals surface area (Å²) in [5.41, 5.74) is 0. The third kappa shape index (κ3) is 91.7. The predicted octanol–water partition coefficient (Wildman–Crippen LogP) is 5.68. The summed E-state index contributed by atoms with van der Waals surface area (Å²) in [7, 11) is 0. The summed E-state index contributed by atoms with van der Waals surface area (Å²) in [6, 6.07) is 0. The predicted molar refractivity (Wildman–Crippen MR) is 143 cm³/mol. The van der Waals surface area contributed by atoms with Gasteiger partial charge in [-0.25, -0.2) is 0 Å². The molecule has 2 fully saturated rings. The minimum Gasteiger partial charge on any atom is -0.358 e. The molecule has 0 aromatic heterocycles. The molecule has 2 aliphatic rings. The minimum absolute atomic E-state index is 0. The first-order valence-corrected chi connectivity index (χ1v) is 25.1. The van der Waals surface area contributed by atoms with E-state index in [1.165, 1.54) is 38.5 Å². The van der Waals surface area contributed by atoms with Crippen molar-refractivity contribution in [3.63, 3.8) is 0 Å². The Morgan fingerprint density at radius 3 is 1.16 bits per heavy atom. The summed E-state index contributed by atoms with van der Waals surface area (Å²) in [5.74, 6) is -0.745. The molecule has 156 valence electrons. The van der Waals surface area contributed by atoms with Crippen molar-refractivity contribution in [2.45, 2.75) is 58.8 Å². The molecular weight excluding hydrogens is 1300 g/mol. The second-order valence-corrected chi connectivity index (χ2v) is 19.5. The maximum Gasteiger partial charge on any atom is 2.00 e. The standard InChI is InChI=1S/2C4H7.C3H6O2.C2H5.CH3.I3.I2.HI.U.2V/c2*1-2-4-3-1;1-2-3(4)5;1-2;;1-3-2;1-2;;;;/h2*1H,2-4H2;2H2,1H3,(H,4,5);1H2,2H3;1H3;;;1H;;;/q2*-1;;3*-1;;;;;+2. The number of carbonyl (C=O) groups is 1. The van der Waals surface area contributed by atoms with Gasteiger partial charge in [0.1, 0.15) is 0 Å². The fourth-order valence-corrected chi connectivity index (χ4v) is 0.408. The van der Waals surface area contributed by atoms with Crippen LogP contribution in [0, 0.1) is 58.3 Å². The van der Waals surface area contributed by atoms with Crippen LogP contribution in [0.3, 0.4) is 0 Å². The maximum absolute atomic E-state index is 9.37. The fourth-order valence-electron chi connectivity index (χ4n) is 0.408. The molecule has 0 atom stereocenters. The van der Waals surface area contributed by atoms with Crippen LogP contribution in [-0.2, 0) is 41.9 Å². The van der Waals surface area contributed by atoms with Gasteiger partial charge in [-0.2, -0.15) is 32.6 Å². The third-order valence-electron chi connectivity index (χ3n) is 1.94. The van der Waals surface area contributed by atoms with Gasteiger partial charge in [0.15, 0.2) is 0 Å². The van der Waals surface area contributed by atoms with Crippen molar-refractivity contribution in [2.75, 3.05) is 0 Å². The van der Waals surface area contributed by atoms with Gasteiger partial charge in [-0.05, 0) is 0 Å². The van der Waals surface area contributed by atoms with E-state index >= 15 is 0 Å². The number of halogens is 6. The van der Waals surface area contributed by atoms with Crippen molar-refractivity contribution in [3.8, 4) is 0 Å². The van der Waals surface area contributed by atoms with Crippen molar-refractivity contribution in [1.29, 1.82) is 0 Å². The van der Waals surface area contributed by atoms with Crippen LogP contribution in [0.25, 0.3) is 0 Å². The van der Waals surface area contributed by atoms with E-state index in [-0.39, 0.29) is 106 Å². The maximum atomic E-state index is 9.37. The Kier molecular flexibility index (Phi) is 161. The number of rotatable bonds is 1. The largest absolute Gasteiger partial charge is 2.00 e. The molecule has 2 rings (SSSR count). The molecular formula is C14H29I6O2UV2-3. The van der Waals surface area contributed by atoms with E-state index in [9.17, 15) is 4.79 Å². The molecule has 0 aromatic carbocycles. The number of carboxylic acid groups (broad SMARTS) is 1. The van der Waals surface area contributed by atoms with E-state index in [1.54, 1.807) is 13.8 Å². The van der Waals surface area contributed by atoms with E-state index in [2.05, 4.69) is 94.2 Å². The molecule has 0 heterocycles. The fraction of sp³-hybridized carbons (Fsp3) is 0.643. The van der Waals surface area contributed by atoms with Crippen molar-refractivity contribution < 1.29 is 91.4 Å². The molecule has 0 aliphatic heterocycles. The average Bonchev–Trinajstić information content (AvgIpc) is 2.31. The van der Waals surface area contributed by atoms with Crippen LogP contribution in [0.15, 0.2) is 0 Å². The Balaban J connectivity index is -0.0000000173. The topological polar surface area (TPSA) is 37.3 Å². The van der Waals surface area contributed by atoms with E-state index in [0.717, 1.165) is 0 Å². The SMILES string of the molecule is CCC(=O)O.I.II.I[I-]I.[CH-]1CCC1.[CH-]1CCC1.[CH2-]C.[CH3-].[U].[V+2].[V]. The van der Waals surface area contributed by atoms with Crippen molar-refractivity contribution >= 4 is 104 Å². The second-order valence-electron chi connectivity index (χ2n) is 3.24. The molecule has 2 nitrogen and oxygen atoms in total. The van der Waals surface area contributed by atoms with Gasteiger partial charge < -0.3 is 32.3 Å². The van der Waals surface area contributed by atoms with E-state index in [0.29, 0.717) is 13.3 Å². The van der Waals surface area contributed by atoms with Gasteiger partial charge in [-0.3, -0.25) is 4.79 Å². The van der Waals surface area contributed by atoms with Crippen LogP contribution >= 0.6 is 98.4 Å². The first-order valence-electron chi connectivity index (χ1n) is 6.26. The molecule has 11 heteroatoms. The summed E-state index contributed by atoms with van der Waals surface area (Å²) in [6.45, 7) is 6.60. The first-order chi connectivity index (χ1) is 9.68. The van der Waals surface area contributed by atoms with Gasteiger partial charge in [0.25, 0.3) is 0 Å². The van der Waals surface area contributed by atoms with Gasteiger partial charge in [0, 0.05) is 93.3 Å². The summed E-state index contributed by atoms with van der Waals surface area (Å²) in [6.07, 6.45) is 13.2. The van der Waals surface area contributed by atoms with Gasteiger partial charge >= 0.3 is 75.0 Å². The Labute approximate surface area is 275 Å². The third-order valence-corrected chi connectivity index (χ3v) is 1.94. The second kappa shape index (κ2) is 69.9. The van der Waals surface area contributed by atoms with Crippen LogP contribution in [0.1, 0.15) is 58.8 Å². The van der Waals surface area contributed by atoms with Crippen LogP contribution in [0.5, 0.6) is 0 Å². The Hall–Kier alpha value is 6.07. The zero-order valence-corrected chi connectivity index (χ0v) is 34.9. The quantitative estimate of drug-likeness (QED) is 0.272. The number of hydrogen-bond acceptors (Lipinski definition) is 1. The molecule has 0 saturated heterocycles. The first kappa shape index (κ1) is 57.7. The average molecular weight is 1330 g/mol. The van der Waals surface area contributed by atoms with Crippen molar-refractivity contribution in [2.24, 2.45) is 0 Å². The molecule has 25 heavy (non-hydrogen) atoms. The molecule has 0 unspecified atom stereocenters. The van der Waals surface area contributed by atoms with Gasteiger partial charge in [-0.15, -0.1) is 36.8 Å². The van der Waals surface area contributed by atoms with E-state index in [1.807, 2.05) is 0 Å². The zero-order valence-electron chi connectivity index (χ0n) is 14.9. The van der Waals surface area contributed by atoms with Crippen molar-refractivity contribution in [3.05, 3.63) is 27.2 Å². The van der Waals surface area contributed by atoms with E-state index < -0.39 is 5.97 Å². The van der Waals surface area contributed by atoms with Gasteiger partial charge in [0.2, 0.25) is 0 Å². The zero-order chi connectivity index (χ0) is 16.6. The minimum atomic E-state index is -0.745. The molecule has 2 aliphatic carbocycles. The number of carboxylic acids is 1. The van der Waals surface area contributed by atoms with Crippen LogP contribution in [0.2, 0.25) is 0 Å². The molecule has 2 saturated carbocycles. The normalized spacial score (nSPS) is 10.5. The summed E-state index contributed by atoms with van der Waals surface area (Å²) in [5, 5.41) is 7.72. The number of aliphatic carboxylic acids is 1. The molecule has 1 N–H and O–H groups in total. The Bertz CT molecular complexity index is 143. The summed E-state index contributed by atoms with van der Waals surface area (Å²) < 4.78 is 0.